The number of amides is 1. The van der Waals surface area contributed by atoms with Crippen molar-refractivity contribution in [3.63, 3.8) is 0 Å². The summed E-state index contributed by atoms with van der Waals surface area (Å²) in [5, 5.41) is 2.85. The summed E-state index contributed by atoms with van der Waals surface area (Å²) >= 11 is 7.63. The Hall–Kier alpha value is -2.39. The van der Waals surface area contributed by atoms with Crippen LogP contribution in [-0.2, 0) is 18.4 Å². The molecule has 164 valence electrons. The summed E-state index contributed by atoms with van der Waals surface area (Å²) < 4.78 is 4.15. The smallest absolute Gasteiger partial charge is 0.295 e. The fraction of sp³-hybridized carbons (Fsp3) is 0.364. The van der Waals surface area contributed by atoms with Crippen LogP contribution >= 0.6 is 22.9 Å². The molecule has 1 fully saturated rings. The molecule has 0 bridgehead atoms. The van der Waals surface area contributed by atoms with Crippen LogP contribution in [0.15, 0.2) is 47.3 Å². The molecular formula is C22H26ClN5O2S. The second-order valence-corrected chi connectivity index (χ2v) is 9.54. The van der Waals surface area contributed by atoms with Gasteiger partial charge in [-0.3, -0.25) is 24.1 Å². The van der Waals surface area contributed by atoms with Gasteiger partial charge in [-0.2, -0.15) is 0 Å². The van der Waals surface area contributed by atoms with Gasteiger partial charge < -0.3 is 5.32 Å². The van der Waals surface area contributed by atoms with Gasteiger partial charge in [0.1, 0.15) is 5.69 Å². The fourth-order valence-electron chi connectivity index (χ4n) is 3.86. The van der Waals surface area contributed by atoms with E-state index in [4.69, 9.17) is 11.6 Å². The Balaban J connectivity index is 1.35. The Kier molecular flexibility index (Phi) is 6.62. The molecule has 2 aromatic heterocycles. The Bertz CT molecular complexity index is 1110. The number of carbonyl (C=O) groups is 1. The number of hydrogen-bond donors (Lipinski definition) is 1. The first kappa shape index (κ1) is 21.8. The summed E-state index contributed by atoms with van der Waals surface area (Å²) in [7, 11) is 1.82. The maximum absolute atomic E-state index is 13.0. The zero-order chi connectivity index (χ0) is 22.0. The number of nitrogens with zero attached hydrogens (tertiary/aromatic N) is 4. The van der Waals surface area contributed by atoms with Gasteiger partial charge in [0, 0.05) is 44.6 Å². The van der Waals surface area contributed by atoms with Crippen LogP contribution < -0.4 is 10.9 Å². The normalized spacial score (nSPS) is 15.3. The number of carbonyl (C=O) groups excluding carboxylic acids is 1. The Labute approximate surface area is 190 Å². The molecule has 1 aliphatic rings. The van der Waals surface area contributed by atoms with Crippen molar-refractivity contribution in [3.8, 4) is 5.69 Å². The number of thiophene rings is 1. The predicted octanol–water partition coefficient (Wildman–Crippen LogP) is 2.96. The summed E-state index contributed by atoms with van der Waals surface area (Å²) in [6, 6.07) is 13.4. The molecule has 4 rings (SSSR count). The van der Waals surface area contributed by atoms with Crippen LogP contribution in [0.3, 0.4) is 0 Å². The van der Waals surface area contributed by atoms with Crippen molar-refractivity contribution in [2.75, 3.05) is 38.0 Å². The zero-order valence-corrected chi connectivity index (χ0v) is 19.2. The number of aromatic nitrogens is 2. The van der Waals surface area contributed by atoms with Crippen molar-refractivity contribution in [3.05, 3.63) is 67.7 Å². The number of nitrogens with one attached hydrogen (secondary N) is 1. The van der Waals surface area contributed by atoms with E-state index in [-0.39, 0.29) is 18.0 Å². The fourth-order valence-corrected chi connectivity index (χ4v) is 4.99. The van der Waals surface area contributed by atoms with E-state index >= 15 is 0 Å². The highest BCUT2D eigenvalue weighted by Crippen LogP contribution is 2.23. The molecule has 9 heteroatoms. The van der Waals surface area contributed by atoms with E-state index < -0.39 is 0 Å². The lowest BCUT2D eigenvalue weighted by Gasteiger charge is -2.33. The zero-order valence-electron chi connectivity index (χ0n) is 17.7. The maximum atomic E-state index is 13.0. The molecule has 31 heavy (non-hydrogen) atoms. The van der Waals surface area contributed by atoms with Crippen molar-refractivity contribution < 1.29 is 4.79 Å². The number of hydrogen-bond acceptors (Lipinski definition) is 5. The molecule has 1 amide bonds. The number of rotatable bonds is 6. The standard InChI is InChI=1S/C22H26ClN5O2S/c1-16-21(22(30)28(25(16)2)17-6-4-3-5-7-17)24-20(29)15-27-12-10-26(11-13-27)14-18-8-9-19(23)31-18/h3-9H,10-15H2,1-2H3,(H,24,29). The van der Waals surface area contributed by atoms with Gasteiger partial charge in [-0.05, 0) is 31.2 Å². The highest BCUT2D eigenvalue weighted by molar-refractivity contribution is 7.16. The van der Waals surface area contributed by atoms with E-state index in [0.717, 1.165) is 48.4 Å². The Morgan fingerprint density at radius 3 is 2.39 bits per heavy atom. The molecule has 0 spiro atoms. The molecule has 3 heterocycles. The largest absolute Gasteiger partial charge is 0.319 e. The topological polar surface area (TPSA) is 62.5 Å². The number of benzene rings is 1. The van der Waals surface area contributed by atoms with Crippen LogP contribution in [-0.4, -0.2) is 57.8 Å². The number of halogens is 1. The number of piperazine rings is 1. The minimum atomic E-state index is -0.223. The molecule has 0 unspecified atom stereocenters. The van der Waals surface area contributed by atoms with Crippen LogP contribution in [0, 0.1) is 6.92 Å². The van der Waals surface area contributed by atoms with Crippen molar-refractivity contribution in [2.45, 2.75) is 13.5 Å². The third-order valence-corrected chi connectivity index (χ3v) is 6.87. The number of anilines is 1. The summed E-state index contributed by atoms with van der Waals surface area (Å²) in [6.45, 7) is 6.43. The van der Waals surface area contributed by atoms with E-state index in [1.807, 2.05) is 50.4 Å². The summed E-state index contributed by atoms with van der Waals surface area (Å²) in [6.07, 6.45) is 0. The Morgan fingerprint density at radius 2 is 1.74 bits per heavy atom. The number of para-hydroxylation sites is 1. The molecule has 0 aliphatic carbocycles. The van der Waals surface area contributed by atoms with Gasteiger partial charge >= 0.3 is 0 Å². The lowest BCUT2D eigenvalue weighted by molar-refractivity contribution is -0.117. The van der Waals surface area contributed by atoms with Gasteiger partial charge in [0.25, 0.3) is 5.56 Å². The molecule has 1 aromatic carbocycles. The average Bonchev–Trinajstić information content (AvgIpc) is 3.26. The summed E-state index contributed by atoms with van der Waals surface area (Å²) in [5.41, 5.74) is 1.60. The van der Waals surface area contributed by atoms with E-state index in [1.165, 1.54) is 4.88 Å². The van der Waals surface area contributed by atoms with Crippen molar-refractivity contribution in [2.24, 2.45) is 7.05 Å². The molecule has 0 saturated carbocycles. The second-order valence-electron chi connectivity index (χ2n) is 7.74. The van der Waals surface area contributed by atoms with E-state index in [0.29, 0.717) is 5.69 Å². The maximum Gasteiger partial charge on any atom is 0.295 e. The van der Waals surface area contributed by atoms with Crippen LogP contribution in [0.4, 0.5) is 5.69 Å². The lowest BCUT2D eigenvalue weighted by Crippen LogP contribution is -2.48. The van der Waals surface area contributed by atoms with Gasteiger partial charge in [-0.25, -0.2) is 4.68 Å². The predicted molar refractivity (Wildman–Crippen MR) is 125 cm³/mol. The highest BCUT2D eigenvalue weighted by atomic mass is 35.5. The molecule has 0 radical (unpaired) electrons. The van der Waals surface area contributed by atoms with Gasteiger partial charge in [0.15, 0.2) is 0 Å². The van der Waals surface area contributed by atoms with Gasteiger partial charge in [-0.15, -0.1) is 11.3 Å². The van der Waals surface area contributed by atoms with E-state index in [2.05, 4.69) is 21.2 Å². The minimum Gasteiger partial charge on any atom is -0.319 e. The molecule has 3 aromatic rings. The van der Waals surface area contributed by atoms with Crippen LogP contribution in [0.1, 0.15) is 10.6 Å². The van der Waals surface area contributed by atoms with Crippen molar-refractivity contribution in [1.82, 2.24) is 19.2 Å². The Morgan fingerprint density at radius 1 is 1.06 bits per heavy atom. The van der Waals surface area contributed by atoms with Crippen LogP contribution in [0.5, 0.6) is 0 Å². The first-order valence-corrected chi connectivity index (χ1v) is 11.4. The molecule has 7 nitrogen and oxygen atoms in total. The third-order valence-electron chi connectivity index (χ3n) is 5.66. The monoisotopic (exact) mass is 459 g/mol. The second kappa shape index (κ2) is 9.40. The van der Waals surface area contributed by atoms with E-state index in [9.17, 15) is 9.59 Å². The average molecular weight is 460 g/mol. The molecular weight excluding hydrogens is 434 g/mol. The van der Waals surface area contributed by atoms with Crippen molar-refractivity contribution in [1.29, 1.82) is 0 Å². The summed E-state index contributed by atoms with van der Waals surface area (Å²) in [4.78, 5) is 31.4. The quantitative estimate of drug-likeness (QED) is 0.615. The summed E-state index contributed by atoms with van der Waals surface area (Å²) in [5.74, 6) is -0.162. The van der Waals surface area contributed by atoms with Crippen molar-refractivity contribution >= 4 is 34.5 Å². The van der Waals surface area contributed by atoms with Gasteiger partial charge in [0.05, 0.1) is 22.3 Å². The van der Waals surface area contributed by atoms with Crippen LogP contribution in [0.2, 0.25) is 4.34 Å². The molecule has 1 N–H and O–H groups in total. The lowest BCUT2D eigenvalue weighted by atomic mass is 10.3. The highest BCUT2D eigenvalue weighted by Gasteiger charge is 2.22. The molecule has 1 saturated heterocycles. The SMILES string of the molecule is Cc1c(NC(=O)CN2CCN(Cc3ccc(Cl)s3)CC2)c(=O)n(-c2ccccc2)n1C. The van der Waals surface area contributed by atoms with Gasteiger partial charge in [-0.1, -0.05) is 29.8 Å². The minimum absolute atomic E-state index is 0.162. The van der Waals surface area contributed by atoms with E-state index in [1.54, 1.807) is 20.7 Å². The first-order valence-electron chi connectivity index (χ1n) is 10.2. The van der Waals surface area contributed by atoms with Gasteiger partial charge in [0.2, 0.25) is 5.91 Å². The van der Waals surface area contributed by atoms with Crippen LogP contribution in [0.25, 0.3) is 5.69 Å². The molecule has 0 atom stereocenters. The first-order chi connectivity index (χ1) is 14.9. The molecule has 1 aliphatic heterocycles. The third kappa shape index (κ3) is 4.93.